The maximum atomic E-state index is 5.80. The van der Waals surface area contributed by atoms with Gasteiger partial charge in [0.1, 0.15) is 26.4 Å². The molecule has 2 aromatic rings. The molecule has 304 valence electrons. The standard InChI is InChI=1S/C40H65N11O4/c1-13-21-52-33-42-31(43-34(46-33)53-22-14-2)50(29-25-37(5,6)48-38(7,8)26-29)19-17-41-18-20-51(30-27-39(9,10)49-40(11,12)28-30)32-44-35(54-23-15-3)47-36(45-32)55-24-16-4/h13-16,29-30,41,48-49H,1-4,17-28H2,5-12H3. The first-order chi connectivity index (χ1) is 26.0. The molecule has 2 fully saturated rings. The molecule has 2 aliphatic rings. The number of nitrogens with zero attached hydrogens (tertiary/aromatic N) is 8. The van der Waals surface area contributed by atoms with Gasteiger partial charge < -0.3 is 44.7 Å². The van der Waals surface area contributed by atoms with E-state index in [-0.39, 0.29) is 84.7 Å². The van der Waals surface area contributed by atoms with Gasteiger partial charge in [0.05, 0.1) is 0 Å². The van der Waals surface area contributed by atoms with Crippen molar-refractivity contribution in [3.8, 4) is 24.0 Å². The maximum absolute atomic E-state index is 5.80. The molecule has 0 saturated carbocycles. The lowest BCUT2D eigenvalue weighted by atomic mass is 9.79. The van der Waals surface area contributed by atoms with E-state index in [0.29, 0.717) is 38.1 Å². The first kappa shape index (κ1) is 43.4. The highest BCUT2D eigenvalue weighted by Crippen LogP contribution is 2.35. The van der Waals surface area contributed by atoms with E-state index in [1.165, 1.54) is 0 Å². The molecule has 2 aromatic heterocycles. The molecule has 0 aliphatic carbocycles. The highest BCUT2D eigenvalue weighted by molar-refractivity contribution is 5.37. The Morgan fingerprint density at radius 3 is 1.05 bits per heavy atom. The van der Waals surface area contributed by atoms with Gasteiger partial charge in [-0.3, -0.25) is 0 Å². The molecule has 0 aromatic carbocycles. The third kappa shape index (κ3) is 13.4. The molecule has 3 N–H and O–H groups in total. The van der Waals surface area contributed by atoms with Crippen molar-refractivity contribution >= 4 is 11.9 Å². The monoisotopic (exact) mass is 764 g/mol. The highest BCUT2D eigenvalue weighted by atomic mass is 16.5. The molecule has 0 spiro atoms. The van der Waals surface area contributed by atoms with Crippen LogP contribution in [0, 0.1) is 0 Å². The van der Waals surface area contributed by atoms with E-state index in [1.807, 2.05) is 0 Å². The number of hydrogen-bond acceptors (Lipinski definition) is 15. The van der Waals surface area contributed by atoms with Gasteiger partial charge in [0.25, 0.3) is 0 Å². The smallest absolute Gasteiger partial charge is 0.324 e. The summed E-state index contributed by atoms with van der Waals surface area (Å²) in [5, 5.41) is 11.3. The number of piperidine rings is 2. The third-order valence-electron chi connectivity index (χ3n) is 9.28. The molecular weight excluding hydrogens is 699 g/mol. The van der Waals surface area contributed by atoms with E-state index in [4.69, 9.17) is 38.9 Å². The lowest BCUT2D eigenvalue weighted by Gasteiger charge is -2.50. The van der Waals surface area contributed by atoms with Gasteiger partial charge in [0.15, 0.2) is 0 Å². The topological polar surface area (TPSA) is 157 Å². The summed E-state index contributed by atoms with van der Waals surface area (Å²) < 4.78 is 23.2. The summed E-state index contributed by atoms with van der Waals surface area (Å²) in [6.45, 7) is 36.6. The van der Waals surface area contributed by atoms with E-state index >= 15 is 0 Å². The van der Waals surface area contributed by atoms with Crippen molar-refractivity contribution in [2.45, 2.75) is 115 Å². The first-order valence-electron chi connectivity index (χ1n) is 19.3. The van der Waals surface area contributed by atoms with Crippen molar-refractivity contribution in [2.75, 3.05) is 62.4 Å². The van der Waals surface area contributed by atoms with Gasteiger partial charge in [-0.25, -0.2) is 0 Å². The molecule has 0 amide bonds. The van der Waals surface area contributed by atoms with Crippen molar-refractivity contribution in [1.29, 1.82) is 0 Å². The van der Waals surface area contributed by atoms with Gasteiger partial charge in [0.2, 0.25) is 11.9 Å². The number of nitrogens with one attached hydrogen (secondary N) is 3. The summed E-state index contributed by atoms with van der Waals surface area (Å²) in [5.41, 5.74) is -0.447. The van der Waals surface area contributed by atoms with Crippen LogP contribution < -0.4 is 44.7 Å². The van der Waals surface area contributed by atoms with Crippen molar-refractivity contribution in [3.05, 3.63) is 50.6 Å². The summed E-state index contributed by atoms with van der Waals surface area (Å²) in [6, 6.07) is 0.981. The van der Waals surface area contributed by atoms with Crippen LogP contribution in [-0.4, -0.2) is 117 Å². The lowest BCUT2D eigenvalue weighted by Crippen LogP contribution is -2.63. The number of hydrogen-bond donors (Lipinski definition) is 3. The Morgan fingerprint density at radius 2 is 0.800 bits per heavy atom. The van der Waals surface area contributed by atoms with Crippen LogP contribution >= 0.6 is 0 Å². The molecule has 4 rings (SSSR count). The van der Waals surface area contributed by atoms with Crippen LogP contribution in [0.3, 0.4) is 0 Å². The summed E-state index contributed by atoms with van der Waals surface area (Å²) in [7, 11) is 0. The summed E-state index contributed by atoms with van der Waals surface area (Å²) in [4.78, 5) is 32.4. The number of anilines is 2. The van der Waals surface area contributed by atoms with Crippen LogP contribution in [0.2, 0.25) is 0 Å². The SMILES string of the molecule is C=CCOc1nc(OCC=C)nc(N(CCNCCN(c2nc(OCC=C)nc(OCC=C)n2)C2CC(C)(C)NC(C)(C)C2)C2CC(C)(C)NC(C)(C)C2)n1. The molecule has 4 heterocycles. The van der Waals surface area contributed by atoms with Crippen molar-refractivity contribution in [2.24, 2.45) is 0 Å². The average molecular weight is 764 g/mol. The average Bonchev–Trinajstić information content (AvgIpc) is 3.08. The van der Waals surface area contributed by atoms with Gasteiger partial charge >= 0.3 is 24.0 Å². The summed E-state index contributed by atoms with van der Waals surface area (Å²) >= 11 is 0. The van der Waals surface area contributed by atoms with Crippen LogP contribution in [-0.2, 0) is 0 Å². The fourth-order valence-corrected chi connectivity index (χ4v) is 8.10. The molecule has 55 heavy (non-hydrogen) atoms. The van der Waals surface area contributed by atoms with Crippen LogP contribution in [0.5, 0.6) is 24.0 Å². The first-order valence-corrected chi connectivity index (χ1v) is 19.3. The molecule has 15 nitrogen and oxygen atoms in total. The second kappa shape index (κ2) is 19.0. The van der Waals surface area contributed by atoms with Crippen molar-refractivity contribution in [1.82, 2.24) is 45.9 Å². The highest BCUT2D eigenvalue weighted by Gasteiger charge is 2.42. The van der Waals surface area contributed by atoms with E-state index in [2.05, 4.69) is 117 Å². The largest absolute Gasteiger partial charge is 0.459 e. The lowest BCUT2D eigenvalue weighted by molar-refractivity contribution is 0.157. The Kier molecular flexibility index (Phi) is 15.0. The van der Waals surface area contributed by atoms with E-state index in [9.17, 15) is 0 Å². The van der Waals surface area contributed by atoms with Crippen LogP contribution in [0.4, 0.5) is 11.9 Å². The molecule has 15 heteroatoms. The fourth-order valence-electron chi connectivity index (χ4n) is 8.10. The number of aromatic nitrogens is 6. The summed E-state index contributed by atoms with van der Waals surface area (Å²) in [5.74, 6) is 0.997. The maximum Gasteiger partial charge on any atom is 0.324 e. The van der Waals surface area contributed by atoms with E-state index in [0.717, 1.165) is 25.7 Å². The zero-order chi connectivity index (χ0) is 40.3. The molecular formula is C40H65N11O4. The molecule has 0 unspecified atom stereocenters. The zero-order valence-electron chi connectivity index (χ0n) is 34.5. The fraction of sp³-hybridized carbons (Fsp3) is 0.650. The quantitative estimate of drug-likeness (QED) is 0.111. The molecule has 0 bridgehead atoms. The number of rotatable bonds is 22. The Balaban J connectivity index is 1.61. The molecule has 2 saturated heterocycles. The Hall–Kier alpha value is -4.34. The second-order valence-corrected chi connectivity index (χ2v) is 16.8. The van der Waals surface area contributed by atoms with Crippen molar-refractivity contribution < 1.29 is 18.9 Å². The van der Waals surface area contributed by atoms with Gasteiger partial charge in [0, 0.05) is 60.4 Å². The summed E-state index contributed by atoms with van der Waals surface area (Å²) in [6.07, 6.45) is 10.2. The van der Waals surface area contributed by atoms with Crippen LogP contribution in [0.15, 0.2) is 50.6 Å². The predicted octanol–water partition coefficient (Wildman–Crippen LogP) is 4.84. The minimum absolute atomic E-state index is 0.112. The van der Waals surface area contributed by atoms with Crippen LogP contribution in [0.1, 0.15) is 81.1 Å². The van der Waals surface area contributed by atoms with Crippen LogP contribution in [0.25, 0.3) is 0 Å². The van der Waals surface area contributed by atoms with E-state index < -0.39 is 0 Å². The predicted molar refractivity (Wildman–Crippen MR) is 219 cm³/mol. The van der Waals surface area contributed by atoms with Gasteiger partial charge in [-0.2, -0.15) is 19.9 Å². The Bertz CT molecular complexity index is 1390. The molecule has 0 radical (unpaired) electrons. The van der Waals surface area contributed by atoms with Gasteiger partial charge in [-0.1, -0.05) is 50.6 Å². The second-order valence-electron chi connectivity index (χ2n) is 16.8. The van der Waals surface area contributed by atoms with Gasteiger partial charge in [-0.05, 0) is 81.1 Å². The normalized spacial score (nSPS) is 18.8. The Labute approximate surface area is 328 Å². The zero-order valence-corrected chi connectivity index (χ0v) is 34.5. The number of ether oxygens (including phenoxy) is 4. The molecule has 0 atom stereocenters. The Morgan fingerprint density at radius 1 is 0.527 bits per heavy atom. The minimum Gasteiger partial charge on any atom is -0.459 e. The van der Waals surface area contributed by atoms with Gasteiger partial charge in [-0.15, -0.1) is 9.97 Å². The third-order valence-corrected chi connectivity index (χ3v) is 9.28. The van der Waals surface area contributed by atoms with Crippen molar-refractivity contribution in [3.63, 3.8) is 0 Å². The molecule has 2 aliphatic heterocycles. The van der Waals surface area contributed by atoms with E-state index in [1.54, 1.807) is 24.3 Å². The minimum atomic E-state index is -0.112.